The summed E-state index contributed by atoms with van der Waals surface area (Å²) in [6.45, 7) is 9.83. The van der Waals surface area contributed by atoms with Crippen LogP contribution in [0.5, 0.6) is 0 Å². The summed E-state index contributed by atoms with van der Waals surface area (Å²) >= 11 is 1.59. The Bertz CT molecular complexity index is 1290. The molecule has 0 aromatic carbocycles. The fraction of sp³-hybridized carbons (Fsp3) is 0.360. The number of fused-ring (bicyclic) bond motifs is 1. The van der Waals surface area contributed by atoms with Crippen LogP contribution < -0.4 is 10.2 Å². The van der Waals surface area contributed by atoms with Crippen LogP contribution in [-0.4, -0.2) is 51.0 Å². The Kier molecular flexibility index (Phi) is 6.05. The molecule has 0 radical (unpaired) electrons. The van der Waals surface area contributed by atoms with Gasteiger partial charge in [-0.15, -0.1) is 11.3 Å². The Hall–Kier alpha value is -3.30. The highest BCUT2D eigenvalue weighted by molar-refractivity contribution is 7.13. The van der Waals surface area contributed by atoms with Crippen LogP contribution >= 0.6 is 11.3 Å². The quantitative estimate of drug-likeness (QED) is 0.436. The number of thiophene rings is 1. The van der Waals surface area contributed by atoms with Crippen LogP contribution in [0, 0.1) is 0 Å². The van der Waals surface area contributed by atoms with Crippen LogP contribution in [0.3, 0.4) is 0 Å². The van der Waals surface area contributed by atoms with E-state index in [1.807, 2.05) is 40.4 Å². The van der Waals surface area contributed by atoms with Gasteiger partial charge in [-0.25, -0.2) is 14.6 Å². The maximum absolute atomic E-state index is 13.4. The molecule has 5 rings (SSSR count). The average molecular weight is 477 g/mol. The molecule has 4 aromatic rings. The number of aromatic nitrogens is 4. The summed E-state index contributed by atoms with van der Waals surface area (Å²) < 4.78 is 7.66. The van der Waals surface area contributed by atoms with E-state index >= 15 is 0 Å². The standard InChI is InChI=1S/C25H28N6O2S/c1-15(2)31-24-20(12-27-31)19(10-21(29-24)22-6-5-9-34-22)25(32)28-18-7-8-23(26-11-18)30-13-16(3)33-17(4)14-30/h5-12,15-17H,13-14H2,1-4H3,(H,28,32). The molecular weight excluding hydrogens is 448 g/mol. The average Bonchev–Trinajstić information content (AvgIpc) is 3.48. The van der Waals surface area contributed by atoms with Gasteiger partial charge in [-0.2, -0.15) is 5.10 Å². The third-order valence-corrected chi connectivity index (χ3v) is 6.72. The highest BCUT2D eigenvalue weighted by Crippen LogP contribution is 2.29. The highest BCUT2D eigenvalue weighted by atomic mass is 32.1. The number of anilines is 2. The molecule has 1 saturated heterocycles. The van der Waals surface area contributed by atoms with Crippen LogP contribution in [0.15, 0.2) is 48.1 Å². The maximum atomic E-state index is 13.4. The molecule has 34 heavy (non-hydrogen) atoms. The minimum absolute atomic E-state index is 0.127. The van der Waals surface area contributed by atoms with Gasteiger partial charge in [0.1, 0.15) is 5.82 Å². The number of pyridine rings is 2. The summed E-state index contributed by atoms with van der Waals surface area (Å²) in [7, 11) is 0. The van der Waals surface area contributed by atoms with Crippen molar-refractivity contribution in [3.05, 3.63) is 53.7 Å². The molecule has 1 aliphatic rings. The molecule has 0 aliphatic carbocycles. The molecule has 0 bridgehead atoms. The molecular formula is C25H28N6O2S. The first-order chi connectivity index (χ1) is 16.4. The minimum Gasteiger partial charge on any atom is -0.372 e. The third kappa shape index (κ3) is 4.41. The van der Waals surface area contributed by atoms with Crippen molar-refractivity contribution in [1.29, 1.82) is 0 Å². The molecule has 5 heterocycles. The number of hydrogen-bond acceptors (Lipinski definition) is 7. The molecule has 1 fully saturated rings. The second-order valence-electron chi connectivity index (χ2n) is 8.97. The molecule has 2 atom stereocenters. The van der Waals surface area contributed by atoms with Crippen molar-refractivity contribution >= 4 is 39.8 Å². The van der Waals surface area contributed by atoms with Crippen molar-refractivity contribution in [2.75, 3.05) is 23.3 Å². The van der Waals surface area contributed by atoms with Crippen molar-refractivity contribution in [2.45, 2.75) is 45.9 Å². The predicted octanol–water partition coefficient (Wildman–Crippen LogP) is 5.00. The second kappa shape index (κ2) is 9.15. The number of carbonyl (C=O) groups is 1. The fourth-order valence-electron chi connectivity index (χ4n) is 4.34. The second-order valence-corrected chi connectivity index (χ2v) is 9.92. The monoisotopic (exact) mass is 476 g/mol. The first-order valence-electron chi connectivity index (χ1n) is 11.5. The number of morpholine rings is 1. The van der Waals surface area contributed by atoms with E-state index in [1.165, 1.54) is 0 Å². The molecule has 176 valence electrons. The van der Waals surface area contributed by atoms with E-state index in [1.54, 1.807) is 23.7 Å². The lowest BCUT2D eigenvalue weighted by Gasteiger charge is -2.36. The summed E-state index contributed by atoms with van der Waals surface area (Å²) in [4.78, 5) is 26.0. The maximum Gasteiger partial charge on any atom is 0.256 e. The zero-order valence-corrected chi connectivity index (χ0v) is 20.5. The van der Waals surface area contributed by atoms with Gasteiger partial charge < -0.3 is 15.0 Å². The van der Waals surface area contributed by atoms with Crippen LogP contribution in [0.1, 0.15) is 44.1 Å². The van der Waals surface area contributed by atoms with Crippen molar-refractivity contribution in [3.63, 3.8) is 0 Å². The summed E-state index contributed by atoms with van der Waals surface area (Å²) in [5.74, 6) is 0.668. The fourth-order valence-corrected chi connectivity index (χ4v) is 5.03. The topological polar surface area (TPSA) is 85.2 Å². The predicted molar refractivity (Wildman–Crippen MR) is 136 cm³/mol. The smallest absolute Gasteiger partial charge is 0.256 e. The zero-order valence-electron chi connectivity index (χ0n) is 19.7. The van der Waals surface area contributed by atoms with E-state index in [-0.39, 0.29) is 24.2 Å². The minimum atomic E-state index is -0.211. The Morgan fingerprint density at radius 1 is 1.18 bits per heavy atom. The lowest BCUT2D eigenvalue weighted by atomic mass is 10.1. The van der Waals surface area contributed by atoms with Gasteiger partial charge in [-0.3, -0.25) is 4.79 Å². The van der Waals surface area contributed by atoms with Crippen LogP contribution in [0.25, 0.3) is 21.6 Å². The summed E-state index contributed by atoms with van der Waals surface area (Å²) in [6, 6.07) is 9.79. The van der Waals surface area contributed by atoms with Gasteiger partial charge in [0, 0.05) is 19.1 Å². The largest absolute Gasteiger partial charge is 0.372 e. The van der Waals surface area contributed by atoms with Crippen molar-refractivity contribution in [3.8, 4) is 10.6 Å². The number of hydrogen-bond donors (Lipinski definition) is 1. The van der Waals surface area contributed by atoms with Gasteiger partial charge in [0.2, 0.25) is 0 Å². The number of ether oxygens (including phenoxy) is 1. The molecule has 1 N–H and O–H groups in total. The molecule has 1 aliphatic heterocycles. The number of nitrogens with one attached hydrogen (secondary N) is 1. The summed E-state index contributed by atoms with van der Waals surface area (Å²) in [5, 5.41) is 10.2. The first-order valence-corrected chi connectivity index (χ1v) is 12.4. The normalized spacial score (nSPS) is 18.6. The van der Waals surface area contributed by atoms with Gasteiger partial charge in [0.15, 0.2) is 5.65 Å². The molecule has 1 amide bonds. The van der Waals surface area contributed by atoms with E-state index in [0.29, 0.717) is 16.9 Å². The lowest BCUT2D eigenvalue weighted by Crippen LogP contribution is -2.45. The van der Waals surface area contributed by atoms with E-state index in [4.69, 9.17) is 9.72 Å². The zero-order chi connectivity index (χ0) is 23.8. The van der Waals surface area contributed by atoms with E-state index in [9.17, 15) is 4.79 Å². The summed E-state index contributed by atoms with van der Waals surface area (Å²) in [5.41, 5.74) is 2.65. The molecule has 4 aromatic heterocycles. The Morgan fingerprint density at radius 2 is 1.97 bits per heavy atom. The molecule has 0 spiro atoms. The Morgan fingerprint density at radius 3 is 2.62 bits per heavy atom. The Balaban J connectivity index is 1.43. The molecule has 0 saturated carbocycles. The van der Waals surface area contributed by atoms with E-state index < -0.39 is 0 Å². The van der Waals surface area contributed by atoms with Crippen LogP contribution in [0.2, 0.25) is 0 Å². The number of amides is 1. The van der Waals surface area contributed by atoms with Crippen LogP contribution in [-0.2, 0) is 4.74 Å². The molecule has 2 unspecified atom stereocenters. The molecule has 9 heteroatoms. The summed E-state index contributed by atoms with van der Waals surface area (Å²) in [6.07, 6.45) is 3.73. The van der Waals surface area contributed by atoms with Crippen LogP contribution in [0.4, 0.5) is 11.5 Å². The van der Waals surface area contributed by atoms with E-state index in [0.717, 1.165) is 34.9 Å². The van der Waals surface area contributed by atoms with Gasteiger partial charge in [0.25, 0.3) is 5.91 Å². The Labute approximate surface area is 202 Å². The number of nitrogens with zero attached hydrogens (tertiary/aromatic N) is 5. The van der Waals surface area contributed by atoms with Crippen molar-refractivity contribution in [1.82, 2.24) is 19.7 Å². The van der Waals surface area contributed by atoms with Gasteiger partial charge >= 0.3 is 0 Å². The third-order valence-electron chi connectivity index (χ3n) is 5.82. The van der Waals surface area contributed by atoms with Gasteiger partial charge in [0.05, 0.1) is 51.8 Å². The van der Waals surface area contributed by atoms with Gasteiger partial charge in [-0.05, 0) is 57.3 Å². The highest BCUT2D eigenvalue weighted by Gasteiger charge is 2.23. The van der Waals surface area contributed by atoms with Gasteiger partial charge in [-0.1, -0.05) is 6.07 Å². The SMILES string of the molecule is CC1CN(c2ccc(NC(=O)c3cc(-c4cccs4)nc4c3cnn4C(C)C)cn2)CC(C)O1. The molecule has 8 nitrogen and oxygen atoms in total. The lowest BCUT2D eigenvalue weighted by molar-refractivity contribution is -0.00545. The number of carbonyl (C=O) groups excluding carboxylic acids is 1. The van der Waals surface area contributed by atoms with Crippen molar-refractivity contribution < 1.29 is 9.53 Å². The number of rotatable bonds is 5. The van der Waals surface area contributed by atoms with E-state index in [2.05, 4.69) is 48.0 Å². The van der Waals surface area contributed by atoms with Crippen molar-refractivity contribution in [2.24, 2.45) is 0 Å². The first kappa shape index (κ1) is 22.5.